The van der Waals surface area contributed by atoms with Crippen LogP contribution in [0.2, 0.25) is 0 Å². The molecule has 1 saturated heterocycles. The lowest BCUT2D eigenvalue weighted by atomic mass is 10.1. The number of carboxylic acid groups (broad SMARTS) is 1. The van der Waals surface area contributed by atoms with Gasteiger partial charge in [0.25, 0.3) is 5.91 Å². The Kier molecular flexibility index (Phi) is 4.25. The molecule has 20 heavy (non-hydrogen) atoms. The molecular weight excluding hydrogens is 294 g/mol. The number of carbonyl (C=O) groups excluding carboxylic acids is 1. The molecule has 104 valence electrons. The summed E-state index contributed by atoms with van der Waals surface area (Å²) in [6.45, 7) is 3.40. The van der Waals surface area contributed by atoms with E-state index in [-0.39, 0.29) is 10.2 Å². The van der Waals surface area contributed by atoms with Crippen LogP contribution in [0.25, 0.3) is 6.08 Å². The first-order chi connectivity index (χ1) is 9.41. The summed E-state index contributed by atoms with van der Waals surface area (Å²) in [4.78, 5) is 24.9. The molecule has 1 amide bonds. The van der Waals surface area contributed by atoms with Crippen LogP contribution in [-0.2, 0) is 9.59 Å². The van der Waals surface area contributed by atoms with Crippen LogP contribution in [0.1, 0.15) is 18.1 Å². The van der Waals surface area contributed by atoms with Gasteiger partial charge in [-0.25, -0.2) is 4.79 Å². The second-order valence-electron chi connectivity index (χ2n) is 4.42. The first-order valence-electron chi connectivity index (χ1n) is 5.97. The highest BCUT2D eigenvalue weighted by atomic mass is 32.2. The predicted molar refractivity (Wildman–Crippen MR) is 83.3 cm³/mol. The van der Waals surface area contributed by atoms with Gasteiger partial charge in [-0.15, -0.1) is 0 Å². The van der Waals surface area contributed by atoms with Crippen LogP contribution in [0.15, 0.2) is 29.2 Å². The Morgan fingerprint density at radius 2 is 2.10 bits per heavy atom. The summed E-state index contributed by atoms with van der Waals surface area (Å²) in [6, 6.07) is 6.71. The average molecular weight is 307 g/mol. The van der Waals surface area contributed by atoms with Gasteiger partial charge in [0.1, 0.15) is 10.4 Å². The van der Waals surface area contributed by atoms with Crippen molar-refractivity contribution in [3.05, 3.63) is 40.3 Å². The summed E-state index contributed by atoms with van der Waals surface area (Å²) in [5.74, 6) is -1.42. The molecule has 1 fully saturated rings. The molecule has 0 spiro atoms. The van der Waals surface area contributed by atoms with E-state index in [4.69, 9.17) is 17.3 Å². The lowest BCUT2D eigenvalue weighted by Gasteiger charge is -2.18. The molecule has 1 aromatic rings. The maximum Gasteiger partial charge on any atom is 0.326 e. The zero-order valence-electron chi connectivity index (χ0n) is 11.0. The van der Waals surface area contributed by atoms with Crippen molar-refractivity contribution in [2.75, 3.05) is 0 Å². The summed E-state index contributed by atoms with van der Waals surface area (Å²) in [7, 11) is 0. The third-order valence-corrected chi connectivity index (χ3v) is 4.37. The van der Waals surface area contributed by atoms with E-state index in [0.717, 1.165) is 27.8 Å². The molecule has 1 atom stereocenters. The van der Waals surface area contributed by atoms with Gasteiger partial charge in [-0.2, -0.15) is 0 Å². The molecule has 1 heterocycles. The van der Waals surface area contributed by atoms with E-state index in [1.165, 1.54) is 6.92 Å². The molecule has 1 aromatic carbocycles. The second-order valence-corrected chi connectivity index (χ2v) is 6.10. The monoisotopic (exact) mass is 307 g/mol. The van der Waals surface area contributed by atoms with Crippen molar-refractivity contribution in [3.8, 4) is 0 Å². The predicted octanol–water partition coefficient (Wildman–Crippen LogP) is 2.67. The molecule has 1 aliphatic rings. The smallest absolute Gasteiger partial charge is 0.326 e. The van der Waals surface area contributed by atoms with Gasteiger partial charge in [-0.05, 0) is 31.1 Å². The van der Waals surface area contributed by atoms with Crippen molar-refractivity contribution < 1.29 is 14.7 Å². The van der Waals surface area contributed by atoms with Gasteiger partial charge in [0.05, 0.1) is 4.91 Å². The molecule has 0 unspecified atom stereocenters. The van der Waals surface area contributed by atoms with Crippen LogP contribution in [0.3, 0.4) is 0 Å². The normalized spacial score (nSPS) is 18.7. The fourth-order valence-corrected chi connectivity index (χ4v) is 3.22. The van der Waals surface area contributed by atoms with Crippen LogP contribution < -0.4 is 0 Å². The number of benzene rings is 1. The molecule has 6 heteroatoms. The number of carbonyl (C=O) groups is 2. The number of hydrogen-bond donors (Lipinski definition) is 1. The minimum absolute atomic E-state index is 0.282. The van der Waals surface area contributed by atoms with Crippen molar-refractivity contribution in [3.63, 3.8) is 0 Å². The van der Waals surface area contributed by atoms with Gasteiger partial charge in [-0.1, -0.05) is 48.2 Å². The molecule has 0 radical (unpaired) electrons. The number of aliphatic carboxylic acids is 1. The topological polar surface area (TPSA) is 57.6 Å². The lowest BCUT2D eigenvalue weighted by molar-refractivity contribution is -0.144. The highest BCUT2D eigenvalue weighted by Gasteiger charge is 2.38. The Hall–Kier alpha value is -1.66. The third kappa shape index (κ3) is 2.76. The molecule has 0 bridgehead atoms. The highest BCUT2D eigenvalue weighted by molar-refractivity contribution is 8.26. The first-order valence-corrected chi connectivity index (χ1v) is 7.20. The largest absolute Gasteiger partial charge is 0.480 e. The van der Waals surface area contributed by atoms with Gasteiger partial charge in [0.15, 0.2) is 0 Å². The Morgan fingerprint density at radius 3 is 2.70 bits per heavy atom. The molecule has 1 aliphatic heterocycles. The Balaban J connectivity index is 2.33. The fourth-order valence-electron chi connectivity index (χ4n) is 1.81. The summed E-state index contributed by atoms with van der Waals surface area (Å²) < 4.78 is 0.282. The summed E-state index contributed by atoms with van der Waals surface area (Å²) >= 11 is 6.24. The molecular formula is C14H13NO3S2. The average Bonchev–Trinajstić information content (AvgIpc) is 2.66. The van der Waals surface area contributed by atoms with Crippen molar-refractivity contribution >= 4 is 46.3 Å². The lowest BCUT2D eigenvalue weighted by Crippen LogP contribution is -2.41. The molecule has 4 nitrogen and oxygen atoms in total. The summed E-state index contributed by atoms with van der Waals surface area (Å²) in [6.07, 6.45) is 1.75. The quantitative estimate of drug-likeness (QED) is 0.687. The second kappa shape index (κ2) is 5.76. The first kappa shape index (κ1) is 14.7. The maximum absolute atomic E-state index is 12.3. The number of nitrogens with zero attached hydrogens (tertiary/aromatic N) is 1. The summed E-state index contributed by atoms with van der Waals surface area (Å²) in [5.41, 5.74) is 1.97. The molecule has 0 saturated carbocycles. The van der Waals surface area contributed by atoms with E-state index in [2.05, 4.69) is 0 Å². The molecule has 0 aliphatic carbocycles. The minimum Gasteiger partial charge on any atom is -0.480 e. The van der Waals surface area contributed by atoms with Crippen LogP contribution >= 0.6 is 24.0 Å². The number of hydrogen-bond acceptors (Lipinski definition) is 4. The third-order valence-electron chi connectivity index (χ3n) is 3.04. The van der Waals surface area contributed by atoms with Crippen LogP contribution in [0.5, 0.6) is 0 Å². The Morgan fingerprint density at radius 1 is 1.45 bits per heavy atom. The highest BCUT2D eigenvalue weighted by Crippen LogP contribution is 2.34. The fraction of sp³-hybridized carbons (Fsp3) is 0.214. The zero-order chi connectivity index (χ0) is 14.9. The zero-order valence-corrected chi connectivity index (χ0v) is 12.6. The van der Waals surface area contributed by atoms with E-state index in [0.29, 0.717) is 4.91 Å². The Labute approximate surface area is 126 Å². The van der Waals surface area contributed by atoms with Gasteiger partial charge in [0.2, 0.25) is 0 Å². The molecule has 1 N–H and O–H groups in total. The van der Waals surface area contributed by atoms with E-state index in [1.54, 1.807) is 6.08 Å². The van der Waals surface area contributed by atoms with Gasteiger partial charge in [0, 0.05) is 0 Å². The standard InChI is InChI=1S/C14H13NO3S2/c1-8-5-3-4-6-10(8)7-11-12(16)15(14(19)20-11)9(2)13(17)18/h3-7,9H,1-2H3,(H,17,18)/b11-7+/t9-/m1/s1. The van der Waals surface area contributed by atoms with Crippen molar-refractivity contribution in [1.29, 1.82) is 0 Å². The number of rotatable bonds is 3. The van der Waals surface area contributed by atoms with Gasteiger partial charge in [-0.3, -0.25) is 9.69 Å². The van der Waals surface area contributed by atoms with Crippen LogP contribution in [0.4, 0.5) is 0 Å². The number of thioether (sulfide) groups is 1. The van der Waals surface area contributed by atoms with E-state index < -0.39 is 12.0 Å². The van der Waals surface area contributed by atoms with Crippen LogP contribution in [-0.4, -0.2) is 32.2 Å². The number of amides is 1. The van der Waals surface area contributed by atoms with Gasteiger partial charge < -0.3 is 5.11 Å². The number of carboxylic acids is 1. The SMILES string of the molecule is Cc1ccccc1/C=C1/SC(=S)N([C@H](C)C(=O)O)C1=O. The van der Waals surface area contributed by atoms with Crippen molar-refractivity contribution in [2.45, 2.75) is 19.9 Å². The minimum atomic E-state index is -1.07. The maximum atomic E-state index is 12.3. The summed E-state index contributed by atoms with van der Waals surface area (Å²) in [5, 5.41) is 9.02. The van der Waals surface area contributed by atoms with Gasteiger partial charge >= 0.3 is 5.97 Å². The van der Waals surface area contributed by atoms with Crippen LogP contribution in [0, 0.1) is 6.92 Å². The molecule has 2 rings (SSSR count). The number of aryl methyl sites for hydroxylation is 1. The van der Waals surface area contributed by atoms with E-state index in [9.17, 15) is 9.59 Å². The molecule has 0 aromatic heterocycles. The van der Waals surface area contributed by atoms with Crippen molar-refractivity contribution in [1.82, 2.24) is 4.90 Å². The van der Waals surface area contributed by atoms with E-state index >= 15 is 0 Å². The van der Waals surface area contributed by atoms with E-state index in [1.807, 2.05) is 31.2 Å². The Bertz CT molecular complexity index is 625. The number of thiocarbonyl (C=S) groups is 1. The van der Waals surface area contributed by atoms with Crippen molar-refractivity contribution in [2.24, 2.45) is 0 Å².